The number of amides is 1. The normalized spacial score (nSPS) is 14.4. The summed E-state index contributed by atoms with van der Waals surface area (Å²) < 4.78 is 1.73. The Labute approximate surface area is 175 Å². The largest absolute Gasteiger partial charge is 0.393 e. The van der Waals surface area contributed by atoms with Crippen LogP contribution in [0.5, 0.6) is 0 Å². The Morgan fingerprint density at radius 1 is 1.20 bits per heavy atom. The third kappa shape index (κ3) is 3.91. The molecule has 1 saturated heterocycles. The van der Waals surface area contributed by atoms with Gasteiger partial charge in [0.25, 0.3) is 5.91 Å². The van der Waals surface area contributed by atoms with Gasteiger partial charge in [-0.15, -0.1) is 0 Å². The maximum Gasteiger partial charge on any atom is 0.259 e. The van der Waals surface area contributed by atoms with Gasteiger partial charge in [0.1, 0.15) is 6.07 Å². The van der Waals surface area contributed by atoms with Crippen LogP contribution in [0.2, 0.25) is 0 Å². The molecule has 0 spiro atoms. The molecule has 2 aromatic carbocycles. The second-order valence-electron chi connectivity index (χ2n) is 7.41. The Balaban J connectivity index is 1.53. The molecule has 1 aromatic heterocycles. The first-order valence-electron chi connectivity index (χ1n) is 9.95. The Morgan fingerprint density at radius 3 is 2.63 bits per heavy atom. The van der Waals surface area contributed by atoms with Crippen molar-refractivity contribution in [3.05, 3.63) is 71.5 Å². The Morgan fingerprint density at radius 2 is 1.93 bits per heavy atom. The fourth-order valence-electron chi connectivity index (χ4n) is 3.75. The van der Waals surface area contributed by atoms with E-state index in [0.717, 1.165) is 17.1 Å². The number of anilines is 2. The van der Waals surface area contributed by atoms with Crippen LogP contribution in [0, 0.1) is 18.3 Å². The Hall–Kier alpha value is -3.63. The van der Waals surface area contributed by atoms with Gasteiger partial charge in [0.05, 0.1) is 40.5 Å². The molecular weight excluding hydrogens is 378 g/mol. The molecule has 0 unspecified atom stereocenters. The van der Waals surface area contributed by atoms with Crippen molar-refractivity contribution in [3.8, 4) is 11.8 Å². The molecule has 0 saturated carbocycles. The number of piperidine rings is 1. The number of benzene rings is 2. The molecule has 1 aliphatic rings. The van der Waals surface area contributed by atoms with Crippen LogP contribution in [-0.2, 0) is 0 Å². The van der Waals surface area contributed by atoms with Crippen LogP contribution in [0.25, 0.3) is 5.69 Å². The number of nitriles is 1. The smallest absolute Gasteiger partial charge is 0.259 e. The molecule has 0 aliphatic carbocycles. The summed E-state index contributed by atoms with van der Waals surface area (Å²) in [7, 11) is 0. The van der Waals surface area contributed by atoms with Crippen molar-refractivity contribution in [2.24, 2.45) is 0 Å². The molecule has 30 heavy (non-hydrogen) atoms. The van der Waals surface area contributed by atoms with Gasteiger partial charge in [-0.05, 0) is 50.1 Å². The van der Waals surface area contributed by atoms with E-state index in [4.69, 9.17) is 0 Å². The van der Waals surface area contributed by atoms with Crippen LogP contribution >= 0.6 is 0 Å². The van der Waals surface area contributed by atoms with E-state index in [1.807, 2.05) is 43.3 Å². The predicted octanol–water partition coefficient (Wildman–Crippen LogP) is 3.27. The van der Waals surface area contributed by atoms with Crippen molar-refractivity contribution in [2.45, 2.75) is 25.9 Å². The minimum Gasteiger partial charge on any atom is -0.393 e. The van der Waals surface area contributed by atoms with E-state index in [1.54, 1.807) is 23.0 Å². The van der Waals surface area contributed by atoms with E-state index in [1.165, 1.54) is 0 Å². The summed E-state index contributed by atoms with van der Waals surface area (Å²) in [4.78, 5) is 14.9. The average Bonchev–Trinajstić information content (AvgIpc) is 3.16. The highest BCUT2D eigenvalue weighted by Gasteiger charge is 2.20. The lowest BCUT2D eigenvalue weighted by atomic mass is 10.0. The van der Waals surface area contributed by atoms with Gasteiger partial charge in [-0.3, -0.25) is 4.79 Å². The van der Waals surface area contributed by atoms with Crippen LogP contribution in [0.15, 0.2) is 54.7 Å². The molecule has 7 heteroatoms. The van der Waals surface area contributed by atoms with Crippen LogP contribution in [0.4, 0.5) is 11.4 Å². The minimum absolute atomic E-state index is 0.271. The summed E-state index contributed by atoms with van der Waals surface area (Å²) in [5, 5.41) is 26.5. The number of aromatic nitrogens is 2. The molecule has 152 valence electrons. The van der Waals surface area contributed by atoms with Crippen molar-refractivity contribution < 1.29 is 9.90 Å². The summed E-state index contributed by atoms with van der Waals surface area (Å²) in [5.41, 5.74) is 3.99. The van der Waals surface area contributed by atoms with E-state index in [9.17, 15) is 15.2 Å². The average molecular weight is 401 g/mol. The summed E-state index contributed by atoms with van der Waals surface area (Å²) in [5.74, 6) is -0.271. The summed E-state index contributed by atoms with van der Waals surface area (Å²) in [6, 6.07) is 17.2. The van der Waals surface area contributed by atoms with Gasteiger partial charge in [0.2, 0.25) is 0 Å². The molecule has 0 atom stereocenters. The molecule has 3 aromatic rings. The second-order valence-corrected chi connectivity index (χ2v) is 7.41. The van der Waals surface area contributed by atoms with E-state index in [2.05, 4.69) is 21.4 Å². The van der Waals surface area contributed by atoms with Crippen LogP contribution < -0.4 is 10.2 Å². The number of hydrogen-bond acceptors (Lipinski definition) is 5. The molecule has 7 nitrogen and oxygen atoms in total. The number of carbonyl (C=O) groups excluding carboxylic acids is 1. The standard InChI is InChI=1S/C23H23N5O2/c1-16-21(15-25-28(16)19-5-3-2-4-6-19)23(30)26-18-7-8-22(17(13-18)14-24)27-11-9-20(29)10-12-27/h2-8,13,15,20,29H,9-12H2,1H3,(H,26,30). The lowest BCUT2D eigenvalue weighted by Gasteiger charge is -2.32. The van der Waals surface area contributed by atoms with Gasteiger partial charge in [-0.2, -0.15) is 10.4 Å². The van der Waals surface area contributed by atoms with Gasteiger partial charge >= 0.3 is 0 Å². The third-order valence-electron chi connectivity index (χ3n) is 5.44. The molecule has 1 aliphatic heterocycles. The summed E-state index contributed by atoms with van der Waals surface area (Å²) >= 11 is 0. The first-order chi connectivity index (χ1) is 14.6. The zero-order valence-electron chi connectivity index (χ0n) is 16.7. The number of rotatable bonds is 4. The van der Waals surface area contributed by atoms with E-state index < -0.39 is 0 Å². The minimum atomic E-state index is -0.273. The number of nitrogens with one attached hydrogen (secondary N) is 1. The van der Waals surface area contributed by atoms with Crippen molar-refractivity contribution in [2.75, 3.05) is 23.3 Å². The fourth-order valence-corrected chi connectivity index (χ4v) is 3.75. The van der Waals surface area contributed by atoms with Crippen molar-refractivity contribution in [1.82, 2.24) is 9.78 Å². The van der Waals surface area contributed by atoms with Crippen molar-refractivity contribution in [3.63, 3.8) is 0 Å². The van der Waals surface area contributed by atoms with Gasteiger partial charge < -0.3 is 15.3 Å². The highest BCUT2D eigenvalue weighted by Crippen LogP contribution is 2.27. The molecule has 1 amide bonds. The fraction of sp³-hybridized carbons (Fsp3) is 0.261. The van der Waals surface area contributed by atoms with Crippen LogP contribution in [-0.4, -0.2) is 40.0 Å². The highest BCUT2D eigenvalue weighted by molar-refractivity contribution is 6.05. The molecule has 1 fully saturated rings. The second kappa shape index (κ2) is 8.39. The Bertz CT molecular complexity index is 1090. The van der Waals surface area contributed by atoms with Crippen molar-refractivity contribution in [1.29, 1.82) is 5.26 Å². The molecular formula is C23H23N5O2. The van der Waals surface area contributed by atoms with E-state index in [0.29, 0.717) is 42.7 Å². The van der Waals surface area contributed by atoms with Gasteiger partial charge in [-0.25, -0.2) is 4.68 Å². The predicted molar refractivity (Wildman–Crippen MR) is 115 cm³/mol. The number of aliphatic hydroxyl groups is 1. The van der Waals surface area contributed by atoms with Gasteiger partial charge in [0.15, 0.2) is 0 Å². The van der Waals surface area contributed by atoms with E-state index in [-0.39, 0.29) is 12.0 Å². The Kier molecular flexibility index (Phi) is 5.50. The quantitative estimate of drug-likeness (QED) is 0.700. The molecule has 4 rings (SSSR count). The number of aliphatic hydroxyl groups excluding tert-OH is 1. The maximum absolute atomic E-state index is 12.8. The molecule has 2 N–H and O–H groups in total. The van der Waals surface area contributed by atoms with E-state index >= 15 is 0 Å². The molecule has 0 radical (unpaired) electrons. The zero-order valence-corrected chi connectivity index (χ0v) is 16.7. The van der Waals surface area contributed by atoms with Gasteiger partial charge in [0, 0.05) is 18.8 Å². The molecule has 0 bridgehead atoms. The number of carbonyl (C=O) groups is 1. The highest BCUT2D eigenvalue weighted by atomic mass is 16.3. The van der Waals surface area contributed by atoms with Crippen LogP contribution in [0.3, 0.4) is 0 Å². The van der Waals surface area contributed by atoms with Crippen molar-refractivity contribution >= 4 is 17.3 Å². The first kappa shape index (κ1) is 19.7. The zero-order chi connectivity index (χ0) is 21.1. The lowest BCUT2D eigenvalue weighted by molar-refractivity contribution is 0.102. The first-order valence-corrected chi connectivity index (χ1v) is 9.95. The number of hydrogen-bond donors (Lipinski definition) is 2. The SMILES string of the molecule is Cc1c(C(=O)Nc2ccc(N3CCC(O)CC3)c(C#N)c2)cnn1-c1ccccc1. The maximum atomic E-state index is 12.8. The lowest BCUT2D eigenvalue weighted by Crippen LogP contribution is -2.36. The summed E-state index contributed by atoms with van der Waals surface area (Å²) in [6.07, 6.45) is 2.66. The third-order valence-corrected chi connectivity index (χ3v) is 5.44. The monoisotopic (exact) mass is 401 g/mol. The topological polar surface area (TPSA) is 94.2 Å². The van der Waals surface area contributed by atoms with Crippen LogP contribution in [0.1, 0.15) is 34.5 Å². The number of nitrogens with zero attached hydrogens (tertiary/aromatic N) is 4. The molecule has 2 heterocycles. The number of para-hydroxylation sites is 1. The van der Waals surface area contributed by atoms with Gasteiger partial charge in [-0.1, -0.05) is 18.2 Å². The summed E-state index contributed by atoms with van der Waals surface area (Å²) in [6.45, 7) is 3.27.